The summed E-state index contributed by atoms with van der Waals surface area (Å²) in [6.45, 7) is 5.28. The van der Waals surface area contributed by atoms with E-state index in [1.165, 1.54) is 12.8 Å². The van der Waals surface area contributed by atoms with E-state index in [1.807, 2.05) is 7.05 Å². The van der Waals surface area contributed by atoms with E-state index in [0.717, 1.165) is 26.2 Å². The van der Waals surface area contributed by atoms with E-state index >= 15 is 0 Å². The van der Waals surface area contributed by atoms with Gasteiger partial charge in [-0.2, -0.15) is 5.26 Å². The third-order valence-corrected chi connectivity index (χ3v) is 3.16. The molecule has 0 aromatic rings. The Morgan fingerprint density at radius 1 is 1.56 bits per heavy atom. The summed E-state index contributed by atoms with van der Waals surface area (Å²) in [6, 6.07) is 2.49. The van der Waals surface area contributed by atoms with Crippen LogP contribution in [0.2, 0.25) is 0 Å². The quantitative estimate of drug-likeness (QED) is 0.665. The van der Waals surface area contributed by atoms with Crippen LogP contribution in [-0.4, -0.2) is 50.8 Å². The van der Waals surface area contributed by atoms with Gasteiger partial charge in [0.1, 0.15) is 5.54 Å². The Kier molecular flexibility index (Phi) is 5.20. The van der Waals surface area contributed by atoms with Crippen molar-refractivity contribution in [3.63, 3.8) is 0 Å². The summed E-state index contributed by atoms with van der Waals surface area (Å²) in [4.78, 5) is 2.17. The van der Waals surface area contributed by atoms with Gasteiger partial charge >= 0.3 is 0 Å². The first kappa shape index (κ1) is 13.4. The third-order valence-electron chi connectivity index (χ3n) is 3.16. The number of nitrogens with one attached hydrogen (secondary N) is 1. The van der Waals surface area contributed by atoms with Crippen molar-refractivity contribution in [1.82, 2.24) is 10.2 Å². The minimum atomic E-state index is -0.350. The minimum absolute atomic E-state index is 0.350. The fourth-order valence-electron chi connectivity index (χ4n) is 2.14. The van der Waals surface area contributed by atoms with Gasteiger partial charge in [0.15, 0.2) is 0 Å². The lowest BCUT2D eigenvalue weighted by atomic mass is 9.94. The van der Waals surface area contributed by atoms with Crippen molar-refractivity contribution in [2.24, 2.45) is 5.92 Å². The van der Waals surface area contributed by atoms with Crippen molar-refractivity contribution in [2.75, 3.05) is 40.4 Å². The Labute approximate surface area is 98.6 Å². The lowest BCUT2D eigenvalue weighted by Crippen LogP contribution is -2.54. The van der Waals surface area contributed by atoms with Gasteiger partial charge in [-0.25, -0.2) is 0 Å². The number of hydrogen-bond acceptors (Lipinski definition) is 4. The van der Waals surface area contributed by atoms with E-state index in [2.05, 4.69) is 23.2 Å². The highest BCUT2D eigenvalue weighted by molar-refractivity contribution is 5.16. The normalized spacial score (nSPS) is 19.4. The highest BCUT2D eigenvalue weighted by Crippen LogP contribution is 2.39. The number of methoxy groups -OCH3 is 1. The average Bonchev–Trinajstić information content (AvgIpc) is 3.09. The van der Waals surface area contributed by atoms with E-state index in [4.69, 9.17) is 4.74 Å². The van der Waals surface area contributed by atoms with Crippen LogP contribution in [0.1, 0.15) is 19.8 Å². The van der Waals surface area contributed by atoms with Gasteiger partial charge in [-0.15, -0.1) is 0 Å². The Morgan fingerprint density at radius 2 is 2.25 bits per heavy atom. The first-order valence-electron chi connectivity index (χ1n) is 6.02. The molecule has 4 heteroatoms. The number of ether oxygens (including phenoxy) is 1. The van der Waals surface area contributed by atoms with Crippen LogP contribution in [-0.2, 0) is 4.74 Å². The second-order valence-corrected chi connectivity index (χ2v) is 4.62. The largest absolute Gasteiger partial charge is 0.383 e. The molecule has 1 saturated carbocycles. The molecule has 16 heavy (non-hydrogen) atoms. The first-order chi connectivity index (χ1) is 7.68. The molecule has 0 aliphatic heterocycles. The summed E-state index contributed by atoms with van der Waals surface area (Å²) < 4.78 is 5.05. The monoisotopic (exact) mass is 225 g/mol. The maximum Gasteiger partial charge on any atom is 0.122 e. The zero-order valence-corrected chi connectivity index (χ0v) is 10.6. The molecule has 1 N–H and O–H groups in total. The van der Waals surface area contributed by atoms with Crippen LogP contribution in [0.25, 0.3) is 0 Å². The Morgan fingerprint density at radius 3 is 2.69 bits per heavy atom. The van der Waals surface area contributed by atoms with Gasteiger partial charge in [0.05, 0.1) is 12.7 Å². The highest BCUT2D eigenvalue weighted by Gasteiger charge is 2.45. The summed E-state index contributed by atoms with van der Waals surface area (Å²) in [6.07, 6.45) is 2.36. The summed E-state index contributed by atoms with van der Waals surface area (Å²) in [5, 5.41) is 12.8. The van der Waals surface area contributed by atoms with Crippen LogP contribution in [0.3, 0.4) is 0 Å². The minimum Gasteiger partial charge on any atom is -0.383 e. The summed E-state index contributed by atoms with van der Waals surface area (Å²) >= 11 is 0. The zero-order valence-electron chi connectivity index (χ0n) is 10.6. The van der Waals surface area contributed by atoms with Gasteiger partial charge in [-0.3, -0.25) is 5.32 Å². The number of nitrogens with zero attached hydrogens (tertiary/aromatic N) is 2. The maximum absolute atomic E-state index is 9.42. The van der Waals surface area contributed by atoms with Crippen molar-refractivity contribution in [3.8, 4) is 6.07 Å². The van der Waals surface area contributed by atoms with Crippen LogP contribution in [0.4, 0.5) is 0 Å². The second kappa shape index (κ2) is 6.19. The average molecular weight is 225 g/mol. The highest BCUT2D eigenvalue weighted by atomic mass is 16.5. The standard InChI is InChI=1S/C12H23N3O/c1-4-14-12(9-13,11-5-6-11)10-15(2)7-8-16-3/h11,14H,4-8,10H2,1-3H3. The molecule has 0 aromatic heterocycles. The SMILES string of the molecule is CCNC(C#N)(CN(C)CCOC)C1CC1. The van der Waals surface area contributed by atoms with Crippen LogP contribution < -0.4 is 5.32 Å². The van der Waals surface area contributed by atoms with Crippen molar-refractivity contribution >= 4 is 0 Å². The van der Waals surface area contributed by atoms with Gasteiger partial charge in [0, 0.05) is 20.2 Å². The lowest BCUT2D eigenvalue weighted by Gasteiger charge is -2.32. The van der Waals surface area contributed by atoms with E-state index < -0.39 is 0 Å². The predicted molar refractivity (Wildman–Crippen MR) is 64.1 cm³/mol. The molecule has 0 amide bonds. The lowest BCUT2D eigenvalue weighted by molar-refractivity contribution is 0.144. The molecule has 1 aliphatic carbocycles. The molecular formula is C12H23N3O. The summed E-state index contributed by atoms with van der Waals surface area (Å²) in [5.74, 6) is 0.530. The molecule has 92 valence electrons. The number of rotatable bonds is 8. The predicted octanol–water partition coefficient (Wildman–Crippen LogP) is 0.846. The first-order valence-corrected chi connectivity index (χ1v) is 6.02. The Hall–Kier alpha value is -0.630. The van der Waals surface area contributed by atoms with Crippen LogP contribution in [0, 0.1) is 17.2 Å². The third kappa shape index (κ3) is 3.44. The van der Waals surface area contributed by atoms with Crippen molar-refractivity contribution in [2.45, 2.75) is 25.3 Å². The zero-order chi connectivity index (χ0) is 12.0. The molecule has 0 heterocycles. The molecule has 1 unspecified atom stereocenters. The molecule has 1 aliphatic rings. The van der Waals surface area contributed by atoms with Crippen LogP contribution in [0.5, 0.6) is 0 Å². The van der Waals surface area contributed by atoms with Crippen molar-refractivity contribution < 1.29 is 4.74 Å². The molecule has 0 saturated heterocycles. The van der Waals surface area contributed by atoms with E-state index in [-0.39, 0.29) is 5.54 Å². The molecule has 1 atom stereocenters. The second-order valence-electron chi connectivity index (χ2n) is 4.62. The van der Waals surface area contributed by atoms with Gasteiger partial charge in [-0.1, -0.05) is 6.92 Å². The van der Waals surface area contributed by atoms with E-state index in [0.29, 0.717) is 5.92 Å². The molecule has 0 bridgehead atoms. The Balaban J connectivity index is 2.52. The fourth-order valence-corrected chi connectivity index (χ4v) is 2.14. The van der Waals surface area contributed by atoms with Gasteiger partial charge < -0.3 is 9.64 Å². The topological polar surface area (TPSA) is 48.3 Å². The number of nitriles is 1. The van der Waals surface area contributed by atoms with Gasteiger partial charge in [0.25, 0.3) is 0 Å². The van der Waals surface area contributed by atoms with Gasteiger partial charge in [0.2, 0.25) is 0 Å². The molecule has 1 rings (SSSR count). The molecular weight excluding hydrogens is 202 g/mol. The Bertz CT molecular complexity index is 247. The van der Waals surface area contributed by atoms with Crippen LogP contribution >= 0.6 is 0 Å². The van der Waals surface area contributed by atoms with E-state index in [1.54, 1.807) is 7.11 Å². The molecule has 0 aromatic carbocycles. The number of hydrogen-bond donors (Lipinski definition) is 1. The van der Waals surface area contributed by atoms with E-state index in [9.17, 15) is 5.26 Å². The number of likely N-dealkylation sites (N-methyl/N-ethyl adjacent to an activating group) is 2. The fraction of sp³-hybridized carbons (Fsp3) is 0.917. The summed E-state index contributed by atoms with van der Waals surface area (Å²) in [7, 11) is 3.75. The molecule has 0 radical (unpaired) electrons. The smallest absolute Gasteiger partial charge is 0.122 e. The molecule has 1 fully saturated rings. The maximum atomic E-state index is 9.42. The van der Waals surface area contributed by atoms with Crippen molar-refractivity contribution in [1.29, 1.82) is 5.26 Å². The summed E-state index contributed by atoms with van der Waals surface area (Å²) in [5.41, 5.74) is -0.350. The van der Waals surface area contributed by atoms with Crippen molar-refractivity contribution in [3.05, 3.63) is 0 Å². The molecule has 0 spiro atoms. The molecule has 4 nitrogen and oxygen atoms in total. The van der Waals surface area contributed by atoms with Gasteiger partial charge in [-0.05, 0) is 32.4 Å². The van der Waals surface area contributed by atoms with Crippen LogP contribution in [0.15, 0.2) is 0 Å².